The maximum Gasteiger partial charge on any atom is 0.0702 e. The van der Waals surface area contributed by atoms with Crippen LogP contribution in [0.2, 0.25) is 0 Å². The Kier molecular flexibility index (Phi) is 5.15. The molecule has 1 aromatic heterocycles. The smallest absolute Gasteiger partial charge is 0.0702 e. The zero-order valence-electron chi connectivity index (χ0n) is 11.2. The van der Waals surface area contributed by atoms with Crippen LogP contribution in [0, 0.1) is 0 Å². The zero-order chi connectivity index (χ0) is 12.6. The van der Waals surface area contributed by atoms with E-state index in [0.717, 1.165) is 18.6 Å². The fourth-order valence-corrected chi connectivity index (χ4v) is 2.14. The van der Waals surface area contributed by atoms with Gasteiger partial charge in [0.2, 0.25) is 0 Å². The molecular formula is C16H22N2. The van der Waals surface area contributed by atoms with E-state index in [1.807, 2.05) is 12.3 Å². The average molecular weight is 242 g/mol. The summed E-state index contributed by atoms with van der Waals surface area (Å²) in [7, 11) is 0. The molecule has 0 fully saturated rings. The fraction of sp³-hybridized carbons (Fsp3) is 0.438. The van der Waals surface area contributed by atoms with E-state index < -0.39 is 0 Å². The molecule has 2 aromatic rings. The number of hydrogen-bond acceptors (Lipinski definition) is 2. The van der Waals surface area contributed by atoms with Crippen LogP contribution in [0.5, 0.6) is 0 Å². The summed E-state index contributed by atoms with van der Waals surface area (Å²) < 4.78 is 0. The van der Waals surface area contributed by atoms with E-state index >= 15 is 0 Å². The molecule has 0 aliphatic carbocycles. The number of fused-ring (bicyclic) bond motifs is 1. The Bertz CT molecular complexity index is 479. The molecule has 0 amide bonds. The Morgan fingerprint density at radius 2 is 2.06 bits per heavy atom. The molecule has 0 bridgehead atoms. The summed E-state index contributed by atoms with van der Waals surface area (Å²) >= 11 is 0. The van der Waals surface area contributed by atoms with Crippen LogP contribution in [-0.4, -0.2) is 11.5 Å². The molecule has 2 rings (SSSR count). The molecule has 0 unspecified atom stereocenters. The van der Waals surface area contributed by atoms with Crippen molar-refractivity contribution in [2.45, 2.75) is 39.2 Å². The molecule has 1 N–H and O–H groups in total. The van der Waals surface area contributed by atoms with Crippen LogP contribution in [0.4, 0.5) is 0 Å². The minimum Gasteiger partial charge on any atom is -0.313 e. The highest BCUT2D eigenvalue weighted by Gasteiger charge is 1.96. The van der Waals surface area contributed by atoms with E-state index in [-0.39, 0.29) is 0 Å². The van der Waals surface area contributed by atoms with Crippen LogP contribution in [-0.2, 0) is 6.54 Å². The third kappa shape index (κ3) is 3.81. The summed E-state index contributed by atoms with van der Waals surface area (Å²) in [5, 5.41) is 4.73. The highest BCUT2D eigenvalue weighted by atomic mass is 14.8. The third-order valence-corrected chi connectivity index (χ3v) is 3.20. The van der Waals surface area contributed by atoms with Gasteiger partial charge in [-0.05, 0) is 36.7 Å². The van der Waals surface area contributed by atoms with Gasteiger partial charge in [-0.2, -0.15) is 0 Å². The first-order chi connectivity index (χ1) is 8.90. The predicted molar refractivity (Wildman–Crippen MR) is 77.6 cm³/mol. The van der Waals surface area contributed by atoms with Crippen molar-refractivity contribution >= 4 is 10.9 Å². The highest BCUT2D eigenvalue weighted by Crippen LogP contribution is 2.13. The highest BCUT2D eigenvalue weighted by molar-refractivity contribution is 5.78. The molecule has 0 saturated heterocycles. The first kappa shape index (κ1) is 13.0. The van der Waals surface area contributed by atoms with Gasteiger partial charge in [-0.3, -0.25) is 4.98 Å². The maximum atomic E-state index is 4.33. The molecule has 0 radical (unpaired) electrons. The number of benzene rings is 1. The van der Waals surface area contributed by atoms with Gasteiger partial charge >= 0.3 is 0 Å². The quantitative estimate of drug-likeness (QED) is 0.745. The number of pyridine rings is 1. The van der Waals surface area contributed by atoms with Gasteiger partial charge in [-0.1, -0.05) is 38.3 Å². The topological polar surface area (TPSA) is 24.9 Å². The Morgan fingerprint density at radius 3 is 2.94 bits per heavy atom. The molecule has 1 heterocycles. The lowest BCUT2D eigenvalue weighted by atomic mass is 10.1. The van der Waals surface area contributed by atoms with Crippen molar-refractivity contribution in [2.24, 2.45) is 0 Å². The van der Waals surface area contributed by atoms with Gasteiger partial charge < -0.3 is 5.32 Å². The van der Waals surface area contributed by atoms with Gasteiger partial charge in [0.15, 0.2) is 0 Å². The van der Waals surface area contributed by atoms with Crippen LogP contribution >= 0.6 is 0 Å². The summed E-state index contributed by atoms with van der Waals surface area (Å²) in [6.45, 7) is 4.32. The molecule has 96 valence electrons. The van der Waals surface area contributed by atoms with Crippen LogP contribution in [0.25, 0.3) is 10.9 Å². The lowest BCUT2D eigenvalue weighted by Crippen LogP contribution is -2.14. The van der Waals surface area contributed by atoms with Crippen molar-refractivity contribution < 1.29 is 0 Å². The summed E-state index contributed by atoms with van der Waals surface area (Å²) in [5.41, 5.74) is 2.41. The van der Waals surface area contributed by atoms with Crippen LogP contribution < -0.4 is 5.32 Å². The molecule has 18 heavy (non-hydrogen) atoms. The van der Waals surface area contributed by atoms with E-state index in [2.05, 4.69) is 41.5 Å². The standard InChI is InChI=1S/C16H22N2/c1-2-3-4-5-10-17-13-14-8-9-16-15(12-14)7-6-11-18-16/h6-9,11-12,17H,2-5,10,13H2,1H3. The predicted octanol–water partition coefficient (Wildman–Crippen LogP) is 3.90. The van der Waals surface area contributed by atoms with Crippen LogP contribution in [0.3, 0.4) is 0 Å². The first-order valence-corrected chi connectivity index (χ1v) is 6.94. The van der Waals surface area contributed by atoms with E-state index in [0.29, 0.717) is 0 Å². The molecule has 0 atom stereocenters. The summed E-state index contributed by atoms with van der Waals surface area (Å²) in [6.07, 6.45) is 7.11. The Balaban J connectivity index is 1.81. The monoisotopic (exact) mass is 242 g/mol. The van der Waals surface area contributed by atoms with Crippen molar-refractivity contribution in [1.82, 2.24) is 10.3 Å². The van der Waals surface area contributed by atoms with Gasteiger partial charge in [0.25, 0.3) is 0 Å². The van der Waals surface area contributed by atoms with Crippen molar-refractivity contribution in [3.8, 4) is 0 Å². The van der Waals surface area contributed by atoms with E-state index in [9.17, 15) is 0 Å². The lowest BCUT2D eigenvalue weighted by Gasteiger charge is -2.06. The molecule has 1 aromatic carbocycles. The number of nitrogens with zero attached hydrogens (tertiary/aromatic N) is 1. The number of rotatable bonds is 7. The van der Waals surface area contributed by atoms with Crippen molar-refractivity contribution in [3.05, 3.63) is 42.1 Å². The number of nitrogens with one attached hydrogen (secondary N) is 1. The van der Waals surface area contributed by atoms with E-state index in [4.69, 9.17) is 0 Å². The number of unbranched alkanes of at least 4 members (excludes halogenated alkanes) is 3. The fourth-order valence-electron chi connectivity index (χ4n) is 2.14. The molecule has 0 spiro atoms. The Labute approximate surface area is 109 Å². The van der Waals surface area contributed by atoms with Gasteiger partial charge in [0.1, 0.15) is 0 Å². The third-order valence-electron chi connectivity index (χ3n) is 3.20. The van der Waals surface area contributed by atoms with Crippen molar-refractivity contribution in [1.29, 1.82) is 0 Å². The summed E-state index contributed by atoms with van der Waals surface area (Å²) in [6, 6.07) is 10.6. The Morgan fingerprint density at radius 1 is 1.11 bits per heavy atom. The van der Waals surface area contributed by atoms with Crippen molar-refractivity contribution in [2.75, 3.05) is 6.54 Å². The summed E-state index contributed by atoms with van der Waals surface area (Å²) in [4.78, 5) is 4.33. The molecular weight excluding hydrogens is 220 g/mol. The second-order valence-electron chi connectivity index (χ2n) is 4.77. The lowest BCUT2D eigenvalue weighted by molar-refractivity contribution is 0.598. The van der Waals surface area contributed by atoms with Gasteiger partial charge in [0.05, 0.1) is 5.52 Å². The molecule has 0 saturated carbocycles. The zero-order valence-corrected chi connectivity index (χ0v) is 11.2. The number of hydrogen-bond donors (Lipinski definition) is 1. The molecule has 0 aliphatic rings. The molecule has 0 aliphatic heterocycles. The number of aromatic nitrogens is 1. The Hall–Kier alpha value is -1.41. The molecule has 2 nitrogen and oxygen atoms in total. The van der Waals surface area contributed by atoms with E-state index in [1.165, 1.54) is 36.6 Å². The normalized spacial score (nSPS) is 10.9. The van der Waals surface area contributed by atoms with Gasteiger partial charge in [-0.25, -0.2) is 0 Å². The summed E-state index contributed by atoms with van der Waals surface area (Å²) in [5.74, 6) is 0. The minimum atomic E-state index is 0.955. The average Bonchev–Trinajstić information content (AvgIpc) is 2.42. The molecule has 2 heteroatoms. The maximum absolute atomic E-state index is 4.33. The van der Waals surface area contributed by atoms with Crippen LogP contribution in [0.1, 0.15) is 38.2 Å². The first-order valence-electron chi connectivity index (χ1n) is 6.94. The minimum absolute atomic E-state index is 0.955. The van der Waals surface area contributed by atoms with Gasteiger partial charge in [-0.15, -0.1) is 0 Å². The van der Waals surface area contributed by atoms with Crippen molar-refractivity contribution in [3.63, 3.8) is 0 Å². The SMILES string of the molecule is CCCCCCNCc1ccc2ncccc2c1. The van der Waals surface area contributed by atoms with E-state index in [1.54, 1.807) is 0 Å². The van der Waals surface area contributed by atoms with Gasteiger partial charge in [0, 0.05) is 18.1 Å². The largest absolute Gasteiger partial charge is 0.313 e. The van der Waals surface area contributed by atoms with Crippen LogP contribution in [0.15, 0.2) is 36.5 Å². The second-order valence-corrected chi connectivity index (χ2v) is 4.77. The second kappa shape index (κ2) is 7.12.